The Morgan fingerprint density at radius 1 is 1.25 bits per heavy atom. The quantitative estimate of drug-likeness (QED) is 0.280. The van der Waals surface area contributed by atoms with Gasteiger partial charge >= 0.3 is 5.97 Å². The molecule has 3 rings (SSSR count). The van der Waals surface area contributed by atoms with Crippen LogP contribution >= 0.6 is 34.2 Å². The SMILES string of the molecule is Cc1cc(C)n(-c2cc(C(=O)O)c(Nc3ccc(I)cc3Cl)cc2[N+](=O)[O-])n1. The lowest BCUT2D eigenvalue weighted by Gasteiger charge is -2.14. The van der Waals surface area contributed by atoms with Crippen LogP contribution < -0.4 is 5.32 Å². The Morgan fingerprint density at radius 3 is 2.50 bits per heavy atom. The minimum absolute atomic E-state index is 0.0626. The lowest BCUT2D eigenvalue weighted by molar-refractivity contribution is -0.384. The molecular weight excluding hydrogens is 499 g/mol. The normalized spacial score (nSPS) is 10.7. The molecule has 144 valence electrons. The number of hydrogen-bond acceptors (Lipinski definition) is 5. The number of nitro benzene ring substituents is 1. The average Bonchev–Trinajstić information content (AvgIpc) is 2.94. The van der Waals surface area contributed by atoms with Gasteiger partial charge in [-0.05, 0) is 66.8 Å². The summed E-state index contributed by atoms with van der Waals surface area (Å²) in [7, 11) is 0. The largest absolute Gasteiger partial charge is 0.478 e. The molecule has 3 aromatic rings. The molecule has 0 radical (unpaired) electrons. The molecule has 10 heteroatoms. The van der Waals surface area contributed by atoms with Crippen LogP contribution in [0.2, 0.25) is 5.02 Å². The van der Waals surface area contributed by atoms with Gasteiger partial charge in [0.2, 0.25) is 0 Å². The van der Waals surface area contributed by atoms with Crippen LogP contribution in [0.3, 0.4) is 0 Å². The summed E-state index contributed by atoms with van der Waals surface area (Å²) in [5.41, 5.74) is 1.48. The van der Waals surface area contributed by atoms with Gasteiger partial charge in [0.1, 0.15) is 5.69 Å². The molecule has 2 N–H and O–H groups in total. The van der Waals surface area contributed by atoms with Gasteiger partial charge < -0.3 is 10.4 Å². The van der Waals surface area contributed by atoms with Crippen molar-refractivity contribution in [3.63, 3.8) is 0 Å². The number of anilines is 2. The fraction of sp³-hybridized carbons (Fsp3) is 0.111. The average molecular weight is 513 g/mol. The van der Waals surface area contributed by atoms with Gasteiger partial charge in [-0.15, -0.1) is 0 Å². The maximum atomic E-state index is 11.8. The number of nitrogens with zero attached hydrogens (tertiary/aromatic N) is 3. The molecule has 0 aliphatic heterocycles. The summed E-state index contributed by atoms with van der Waals surface area (Å²) in [6, 6.07) is 9.34. The second-order valence-electron chi connectivity index (χ2n) is 6.04. The summed E-state index contributed by atoms with van der Waals surface area (Å²) in [6.07, 6.45) is 0. The van der Waals surface area contributed by atoms with Crippen molar-refractivity contribution in [3.05, 3.63) is 72.1 Å². The molecule has 0 saturated heterocycles. The van der Waals surface area contributed by atoms with Crippen molar-refractivity contribution in [1.29, 1.82) is 0 Å². The number of hydrogen-bond donors (Lipinski definition) is 2. The summed E-state index contributed by atoms with van der Waals surface area (Å²) < 4.78 is 2.26. The first-order chi connectivity index (χ1) is 13.2. The first kappa shape index (κ1) is 20.1. The number of halogens is 2. The van der Waals surface area contributed by atoms with Gasteiger partial charge in [-0.3, -0.25) is 10.1 Å². The highest BCUT2D eigenvalue weighted by molar-refractivity contribution is 14.1. The number of aromatic nitrogens is 2. The zero-order chi connectivity index (χ0) is 20.6. The molecule has 8 nitrogen and oxygen atoms in total. The Morgan fingerprint density at radius 2 is 1.96 bits per heavy atom. The van der Waals surface area contributed by atoms with Crippen molar-refractivity contribution in [3.8, 4) is 5.69 Å². The number of aryl methyl sites for hydroxylation is 2. The molecule has 28 heavy (non-hydrogen) atoms. The maximum Gasteiger partial charge on any atom is 0.337 e. The molecule has 0 atom stereocenters. The molecule has 0 spiro atoms. The lowest BCUT2D eigenvalue weighted by atomic mass is 10.1. The zero-order valence-corrected chi connectivity index (χ0v) is 17.6. The van der Waals surface area contributed by atoms with Crippen LogP contribution in [0.1, 0.15) is 21.7 Å². The van der Waals surface area contributed by atoms with E-state index >= 15 is 0 Å². The van der Waals surface area contributed by atoms with E-state index < -0.39 is 10.9 Å². The standard InChI is InChI=1S/C18H14ClIN4O4/c1-9-5-10(2)23(22-9)16-7-12(18(25)26)15(8-17(16)24(27)28)21-14-4-3-11(20)6-13(14)19/h3-8,21H,1-2H3,(H,25,26). The summed E-state index contributed by atoms with van der Waals surface area (Å²) >= 11 is 8.30. The Kier molecular flexibility index (Phi) is 5.57. The van der Waals surface area contributed by atoms with E-state index in [1.165, 1.54) is 16.8 Å². The van der Waals surface area contributed by atoms with E-state index in [-0.39, 0.29) is 22.6 Å². The molecule has 0 bridgehead atoms. The third kappa shape index (κ3) is 3.94. The number of nitro groups is 1. The van der Waals surface area contributed by atoms with Gasteiger partial charge in [-0.25, -0.2) is 9.48 Å². The minimum atomic E-state index is -1.23. The first-order valence-corrected chi connectivity index (χ1v) is 9.44. The predicted molar refractivity (Wildman–Crippen MR) is 114 cm³/mol. The Bertz CT molecular complexity index is 1110. The Balaban J connectivity index is 2.20. The second-order valence-corrected chi connectivity index (χ2v) is 7.69. The highest BCUT2D eigenvalue weighted by atomic mass is 127. The van der Waals surface area contributed by atoms with Gasteiger partial charge in [0.05, 0.1) is 32.6 Å². The van der Waals surface area contributed by atoms with Crippen LogP contribution in [0.4, 0.5) is 17.1 Å². The van der Waals surface area contributed by atoms with E-state index in [0.29, 0.717) is 22.1 Å². The van der Waals surface area contributed by atoms with Crippen LogP contribution in [0.25, 0.3) is 5.69 Å². The molecule has 0 fully saturated rings. The van der Waals surface area contributed by atoms with Crippen LogP contribution in [-0.4, -0.2) is 25.8 Å². The third-order valence-electron chi connectivity index (χ3n) is 3.98. The number of aromatic carboxylic acids is 1. The fourth-order valence-electron chi connectivity index (χ4n) is 2.78. The number of benzene rings is 2. The van der Waals surface area contributed by atoms with Gasteiger partial charge in [0, 0.05) is 15.3 Å². The summed E-state index contributed by atoms with van der Waals surface area (Å²) in [5.74, 6) is -1.23. The Hall–Kier alpha value is -2.66. The molecule has 2 aromatic carbocycles. The van der Waals surface area contributed by atoms with Gasteiger partial charge in [0.15, 0.2) is 0 Å². The third-order valence-corrected chi connectivity index (χ3v) is 4.96. The minimum Gasteiger partial charge on any atom is -0.478 e. The molecule has 0 aliphatic carbocycles. The van der Waals surface area contributed by atoms with E-state index in [9.17, 15) is 20.0 Å². The van der Waals surface area contributed by atoms with Crippen molar-refractivity contribution >= 4 is 57.2 Å². The van der Waals surface area contributed by atoms with Crippen molar-refractivity contribution in [2.45, 2.75) is 13.8 Å². The zero-order valence-electron chi connectivity index (χ0n) is 14.7. The molecule has 1 heterocycles. The molecule has 0 aliphatic rings. The number of carbonyl (C=O) groups is 1. The molecule has 0 unspecified atom stereocenters. The van der Waals surface area contributed by atoms with Crippen LogP contribution in [0.5, 0.6) is 0 Å². The molecule has 1 aromatic heterocycles. The van der Waals surface area contributed by atoms with Crippen molar-refractivity contribution in [1.82, 2.24) is 9.78 Å². The summed E-state index contributed by atoms with van der Waals surface area (Å²) in [6.45, 7) is 3.49. The first-order valence-electron chi connectivity index (χ1n) is 7.99. The van der Waals surface area contributed by atoms with E-state index in [0.717, 1.165) is 3.57 Å². The van der Waals surface area contributed by atoms with Gasteiger partial charge in [-0.1, -0.05) is 11.6 Å². The molecule has 0 saturated carbocycles. The van der Waals surface area contributed by atoms with E-state index in [1.807, 2.05) is 0 Å². The van der Waals surface area contributed by atoms with Gasteiger partial charge in [-0.2, -0.15) is 5.10 Å². The number of nitrogens with one attached hydrogen (secondary N) is 1. The predicted octanol–water partition coefficient (Wildman–Crippen LogP) is 5.10. The van der Waals surface area contributed by atoms with Gasteiger partial charge in [0.25, 0.3) is 5.69 Å². The van der Waals surface area contributed by atoms with E-state index in [1.54, 1.807) is 38.1 Å². The maximum absolute atomic E-state index is 11.8. The summed E-state index contributed by atoms with van der Waals surface area (Å²) in [4.78, 5) is 22.9. The second kappa shape index (κ2) is 7.76. The fourth-order valence-corrected chi connectivity index (χ4v) is 3.68. The highest BCUT2D eigenvalue weighted by Gasteiger charge is 2.24. The van der Waals surface area contributed by atoms with Crippen molar-refractivity contribution in [2.24, 2.45) is 0 Å². The topological polar surface area (TPSA) is 110 Å². The lowest BCUT2D eigenvalue weighted by Crippen LogP contribution is -2.09. The summed E-state index contributed by atoms with van der Waals surface area (Å²) in [5, 5.41) is 28.8. The number of carboxylic acid groups (broad SMARTS) is 1. The highest BCUT2D eigenvalue weighted by Crippen LogP contribution is 2.34. The van der Waals surface area contributed by atoms with Crippen molar-refractivity contribution < 1.29 is 14.8 Å². The van der Waals surface area contributed by atoms with Crippen molar-refractivity contribution in [2.75, 3.05) is 5.32 Å². The van der Waals surface area contributed by atoms with Crippen LogP contribution in [-0.2, 0) is 0 Å². The molecule has 0 amide bonds. The van der Waals surface area contributed by atoms with Crippen LogP contribution in [0.15, 0.2) is 36.4 Å². The monoisotopic (exact) mass is 512 g/mol. The smallest absolute Gasteiger partial charge is 0.337 e. The molecular formula is C18H14ClIN4O4. The van der Waals surface area contributed by atoms with E-state index in [4.69, 9.17) is 11.6 Å². The Labute approximate surface area is 178 Å². The number of carboxylic acids is 1. The number of rotatable bonds is 5. The van der Waals surface area contributed by atoms with E-state index in [2.05, 4.69) is 33.0 Å². The van der Waals surface area contributed by atoms with Crippen LogP contribution in [0, 0.1) is 27.5 Å².